The zero-order valence-electron chi connectivity index (χ0n) is 11.5. The molecule has 0 spiro atoms. The van der Waals surface area contributed by atoms with E-state index in [2.05, 4.69) is 10.2 Å². The SMILES string of the molecule is COc1ccc(OCc2nnc(S[C@@H](C)C(=O)O)o2)cc1. The van der Waals surface area contributed by atoms with Gasteiger partial charge in [-0.3, -0.25) is 4.79 Å². The molecule has 1 heterocycles. The average Bonchev–Trinajstić information content (AvgIpc) is 2.93. The van der Waals surface area contributed by atoms with Gasteiger partial charge in [0.2, 0.25) is 0 Å². The van der Waals surface area contributed by atoms with Crippen LogP contribution < -0.4 is 9.47 Å². The number of aliphatic carboxylic acids is 1. The zero-order valence-corrected chi connectivity index (χ0v) is 12.3. The molecule has 21 heavy (non-hydrogen) atoms. The summed E-state index contributed by atoms with van der Waals surface area (Å²) in [6.45, 7) is 1.66. The summed E-state index contributed by atoms with van der Waals surface area (Å²) in [5.41, 5.74) is 0. The second-order valence-electron chi connectivity index (χ2n) is 4.02. The minimum Gasteiger partial charge on any atom is -0.497 e. The number of benzene rings is 1. The molecule has 1 aromatic heterocycles. The molecule has 0 aliphatic rings. The van der Waals surface area contributed by atoms with Crippen LogP contribution in [0, 0.1) is 0 Å². The molecule has 0 bridgehead atoms. The Bertz CT molecular complexity index is 599. The van der Waals surface area contributed by atoms with Gasteiger partial charge in [-0.2, -0.15) is 0 Å². The molecule has 1 N–H and O–H groups in total. The summed E-state index contributed by atoms with van der Waals surface area (Å²) in [5, 5.41) is 15.9. The van der Waals surface area contributed by atoms with Crippen molar-refractivity contribution in [3.05, 3.63) is 30.2 Å². The monoisotopic (exact) mass is 310 g/mol. The molecular formula is C13H14N2O5S. The van der Waals surface area contributed by atoms with Gasteiger partial charge in [-0.1, -0.05) is 11.8 Å². The maximum atomic E-state index is 10.7. The Kier molecular flexibility index (Phi) is 5.04. The normalized spacial score (nSPS) is 11.9. The quantitative estimate of drug-likeness (QED) is 0.778. The van der Waals surface area contributed by atoms with E-state index >= 15 is 0 Å². The molecule has 2 rings (SSSR count). The highest BCUT2D eigenvalue weighted by Crippen LogP contribution is 2.22. The number of ether oxygens (including phenoxy) is 2. The number of hydrogen-bond acceptors (Lipinski definition) is 7. The highest BCUT2D eigenvalue weighted by atomic mass is 32.2. The Hall–Kier alpha value is -2.22. The van der Waals surface area contributed by atoms with Crippen molar-refractivity contribution in [1.82, 2.24) is 10.2 Å². The van der Waals surface area contributed by atoms with Crippen LogP contribution >= 0.6 is 11.8 Å². The van der Waals surface area contributed by atoms with Crippen LogP contribution in [0.25, 0.3) is 0 Å². The van der Waals surface area contributed by atoms with Crippen LogP contribution in [0.3, 0.4) is 0 Å². The number of methoxy groups -OCH3 is 1. The van der Waals surface area contributed by atoms with Gasteiger partial charge in [-0.25, -0.2) is 0 Å². The lowest BCUT2D eigenvalue weighted by atomic mass is 10.3. The molecule has 0 saturated heterocycles. The maximum Gasteiger partial charge on any atom is 0.316 e. The van der Waals surface area contributed by atoms with E-state index < -0.39 is 11.2 Å². The van der Waals surface area contributed by atoms with Gasteiger partial charge < -0.3 is 19.0 Å². The Balaban J connectivity index is 1.88. The molecule has 0 unspecified atom stereocenters. The summed E-state index contributed by atoms with van der Waals surface area (Å²) in [6.07, 6.45) is 0. The summed E-state index contributed by atoms with van der Waals surface area (Å²) in [7, 11) is 1.59. The van der Waals surface area contributed by atoms with E-state index in [1.165, 1.54) is 0 Å². The molecule has 1 atom stereocenters. The van der Waals surface area contributed by atoms with E-state index in [1.807, 2.05) is 0 Å². The number of thioether (sulfide) groups is 1. The second kappa shape index (κ2) is 6.98. The van der Waals surface area contributed by atoms with Crippen LogP contribution in [-0.2, 0) is 11.4 Å². The van der Waals surface area contributed by atoms with Gasteiger partial charge in [-0.05, 0) is 31.2 Å². The smallest absolute Gasteiger partial charge is 0.316 e. The number of carboxylic acid groups (broad SMARTS) is 1. The molecule has 7 nitrogen and oxygen atoms in total. The van der Waals surface area contributed by atoms with E-state index in [0.717, 1.165) is 17.5 Å². The van der Waals surface area contributed by atoms with Crippen molar-refractivity contribution >= 4 is 17.7 Å². The lowest BCUT2D eigenvalue weighted by Crippen LogP contribution is -2.10. The number of rotatable bonds is 7. The van der Waals surface area contributed by atoms with Crippen molar-refractivity contribution in [2.24, 2.45) is 0 Å². The fraction of sp³-hybridized carbons (Fsp3) is 0.308. The zero-order chi connectivity index (χ0) is 15.2. The third kappa shape index (κ3) is 4.38. The minimum atomic E-state index is -0.936. The molecule has 0 saturated carbocycles. The maximum absolute atomic E-state index is 10.7. The molecule has 0 aliphatic carbocycles. The molecule has 0 radical (unpaired) electrons. The van der Waals surface area contributed by atoms with Crippen molar-refractivity contribution < 1.29 is 23.8 Å². The number of aromatic nitrogens is 2. The number of carboxylic acids is 1. The van der Waals surface area contributed by atoms with Crippen LogP contribution in [0.15, 0.2) is 33.9 Å². The van der Waals surface area contributed by atoms with Crippen LogP contribution in [0.1, 0.15) is 12.8 Å². The van der Waals surface area contributed by atoms with Crippen molar-refractivity contribution in [2.45, 2.75) is 24.0 Å². The number of carbonyl (C=O) groups is 1. The predicted molar refractivity (Wildman–Crippen MR) is 74.6 cm³/mol. The fourth-order valence-electron chi connectivity index (χ4n) is 1.36. The van der Waals surface area contributed by atoms with Crippen LogP contribution in [-0.4, -0.2) is 33.6 Å². The van der Waals surface area contributed by atoms with E-state index in [1.54, 1.807) is 38.3 Å². The summed E-state index contributed by atoms with van der Waals surface area (Å²) < 4.78 is 15.8. The topological polar surface area (TPSA) is 94.7 Å². The van der Waals surface area contributed by atoms with Crippen LogP contribution in [0.4, 0.5) is 0 Å². The summed E-state index contributed by atoms with van der Waals surface area (Å²) >= 11 is 0.987. The Labute approximate surface area is 125 Å². The lowest BCUT2D eigenvalue weighted by molar-refractivity contribution is -0.136. The van der Waals surface area contributed by atoms with Gasteiger partial charge in [-0.15, -0.1) is 10.2 Å². The third-order valence-corrected chi connectivity index (χ3v) is 3.42. The molecule has 1 aromatic carbocycles. The van der Waals surface area contributed by atoms with Gasteiger partial charge in [0, 0.05) is 0 Å². The lowest BCUT2D eigenvalue weighted by Gasteiger charge is -2.04. The Morgan fingerprint density at radius 3 is 2.62 bits per heavy atom. The van der Waals surface area contributed by atoms with Gasteiger partial charge in [0.1, 0.15) is 16.7 Å². The molecule has 2 aromatic rings. The van der Waals surface area contributed by atoms with Crippen LogP contribution in [0.2, 0.25) is 0 Å². The molecule has 0 amide bonds. The first-order valence-electron chi connectivity index (χ1n) is 6.07. The molecule has 112 valence electrons. The molecule has 8 heteroatoms. The summed E-state index contributed by atoms with van der Waals surface area (Å²) in [4.78, 5) is 10.7. The Morgan fingerprint density at radius 2 is 2.00 bits per heavy atom. The largest absolute Gasteiger partial charge is 0.497 e. The number of hydrogen-bond donors (Lipinski definition) is 1. The highest BCUT2D eigenvalue weighted by molar-refractivity contribution is 8.00. The van der Waals surface area contributed by atoms with E-state index in [0.29, 0.717) is 5.75 Å². The van der Waals surface area contributed by atoms with E-state index in [9.17, 15) is 4.79 Å². The first kappa shape index (κ1) is 15.2. The first-order chi connectivity index (χ1) is 10.1. The van der Waals surface area contributed by atoms with Gasteiger partial charge in [0.15, 0.2) is 6.61 Å². The Morgan fingerprint density at radius 1 is 1.33 bits per heavy atom. The first-order valence-corrected chi connectivity index (χ1v) is 6.95. The predicted octanol–water partition coefficient (Wildman–Crippen LogP) is 2.22. The van der Waals surface area contributed by atoms with Gasteiger partial charge in [0.05, 0.1) is 7.11 Å². The van der Waals surface area contributed by atoms with E-state index in [-0.39, 0.29) is 17.7 Å². The fourth-order valence-corrected chi connectivity index (χ4v) is 2.00. The van der Waals surface area contributed by atoms with Crippen molar-refractivity contribution in [1.29, 1.82) is 0 Å². The molecule has 0 fully saturated rings. The molecule has 0 aliphatic heterocycles. The second-order valence-corrected chi connectivity index (χ2v) is 5.32. The van der Waals surface area contributed by atoms with Crippen LogP contribution in [0.5, 0.6) is 11.5 Å². The van der Waals surface area contributed by atoms with Crippen molar-refractivity contribution in [2.75, 3.05) is 7.11 Å². The summed E-state index contributed by atoms with van der Waals surface area (Å²) in [6, 6.07) is 7.08. The summed E-state index contributed by atoms with van der Waals surface area (Å²) in [5.74, 6) is 0.726. The third-order valence-electron chi connectivity index (χ3n) is 2.50. The van der Waals surface area contributed by atoms with Gasteiger partial charge in [0.25, 0.3) is 11.1 Å². The average molecular weight is 310 g/mol. The van der Waals surface area contributed by atoms with Gasteiger partial charge >= 0.3 is 5.97 Å². The van der Waals surface area contributed by atoms with Crippen molar-refractivity contribution in [3.63, 3.8) is 0 Å². The van der Waals surface area contributed by atoms with Crippen molar-refractivity contribution in [3.8, 4) is 11.5 Å². The van der Waals surface area contributed by atoms with E-state index in [4.69, 9.17) is 19.0 Å². The standard InChI is InChI=1S/C13H14N2O5S/c1-8(12(16)17)21-13-15-14-11(20-13)7-19-10-5-3-9(18-2)4-6-10/h3-6,8H,7H2,1-2H3,(H,16,17)/t8-/m0/s1. The number of nitrogens with zero attached hydrogens (tertiary/aromatic N) is 2. The molecular weight excluding hydrogens is 296 g/mol. The minimum absolute atomic E-state index is 0.112. The highest BCUT2D eigenvalue weighted by Gasteiger charge is 2.17.